The summed E-state index contributed by atoms with van der Waals surface area (Å²) in [6.07, 6.45) is 12.2. The lowest BCUT2D eigenvalue weighted by molar-refractivity contribution is 0.638. The van der Waals surface area contributed by atoms with Crippen LogP contribution in [0.2, 0.25) is 0 Å². The summed E-state index contributed by atoms with van der Waals surface area (Å²) < 4.78 is 0. The van der Waals surface area contributed by atoms with Crippen LogP contribution >= 0.6 is 0 Å². The first kappa shape index (κ1) is 11.0. The molecule has 0 bridgehead atoms. The molecule has 0 aliphatic carbocycles. The Kier molecular flexibility index (Phi) is 7.46. The van der Waals surface area contributed by atoms with Crippen molar-refractivity contribution in [3.8, 4) is 0 Å². The summed E-state index contributed by atoms with van der Waals surface area (Å²) in [6, 6.07) is 0. The summed E-state index contributed by atoms with van der Waals surface area (Å²) in [4.78, 5) is 0. The minimum Gasteiger partial charge on any atom is -0.368 e. The Morgan fingerprint density at radius 2 is 2.17 bits per heavy atom. The van der Waals surface area contributed by atoms with Crippen LogP contribution in [0.3, 0.4) is 0 Å². The lowest BCUT2D eigenvalue weighted by Gasteiger charge is -2.03. The van der Waals surface area contributed by atoms with Gasteiger partial charge in [0, 0.05) is 0 Å². The number of allylic oxidation sites excluding steroid dienone is 3. The third-order valence-electron chi connectivity index (χ3n) is 1.77. The number of hydrogen-bond donors (Lipinski definition) is 1. The van der Waals surface area contributed by atoms with Crippen LogP contribution in [0.5, 0.6) is 0 Å². The summed E-state index contributed by atoms with van der Waals surface area (Å²) in [5.74, 6) is 0.619. The van der Waals surface area contributed by atoms with Gasteiger partial charge in [-0.25, -0.2) is 0 Å². The zero-order valence-corrected chi connectivity index (χ0v) is 8.09. The van der Waals surface area contributed by atoms with Crippen molar-refractivity contribution < 1.29 is 0 Å². The van der Waals surface area contributed by atoms with Gasteiger partial charge in [-0.1, -0.05) is 25.2 Å². The maximum Gasteiger partial charge on any atom is -0.00355 e. The highest BCUT2D eigenvalue weighted by atomic mass is 14.8. The fourth-order valence-corrected chi connectivity index (χ4v) is 0.892. The summed E-state index contributed by atoms with van der Waals surface area (Å²) in [5.41, 5.74) is 0. The van der Waals surface area contributed by atoms with Crippen LogP contribution in [0.1, 0.15) is 26.7 Å². The van der Waals surface area contributed by atoms with Gasteiger partial charge in [0.15, 0.2) is 0 Å². The van der Waals surface area contributed by atoms with Gasteiger partial charge in [0.1, 0.15) is 0 Å². The van der Waals surface area contributed by atoms with Gasteiger partial charge in [-0.05, 0) is 38.1 Å². The van der Waals surface area contributed by atoms with Gasteiger partial charge >= 0.3 is 0 Å². The lowest BCUT2D eigenvalue weighted by Crippen LogP contribution is -1.94. The number of hydrogen-bond acceptors (Lipinski definition) is 1. The van der Waals surface area contributed by atoms with Gasteiger partial charge in [0.2, 0.25) is 0 Å². The third kappa shape index (κ3) is 5.78. The SMILES string of the molecule is C=CC(CC)C/C=C/N/C=C/C. The molecule has 0 fully saturated rings. The van der Waals surface area contributed by atoms with E-state index in [1.54, 1.807) is 0 Å². The van der Waals surface area contributed by atoms with Crippen LogP contribution in [-0.2, 0) is 0 Å². The molecule has 0 aromatic heterocycles. The highest BCUT2D eigenvalue weighted by Crippen LogP contribution is 2.08. The zero-order chi connectivity index (χ0) is 9.23. The predicted molar refractivity (Wildman–Crippen MR) is 55.7 cm³/mol. The molecule has 0 aliphatic heterocycles. The molecule has 12 heavy (non-hydrogen) atoms. The Hall–Kier alpha value is -0.980. The molecule has 1 atom stereocenters. The van der Waals surface area contributed by atoms with Crippen molar-refractivity contribution in [2.24, 2.45) is 5.92 Å². The second kappa shape index (κ2) is 8.12. The minimum absolute atomic E-state index is 0.619. The molecule has 0 rings (SSSR count). The standard InChI is InChI=1S/C11H19N/c1-4-9-12-10-7-8-11(5-2)6-3/h4-5,7,9-12H,2,6,8H2,1,3H3/b9-4+,10-7+. The van der Waals surface area contributed by atoms with Crippen molar-refractivity contribution in [3.05, 3.63) is 37.2 Å². The van der Waals surface area contributed by atoms with Crippen molar-refractivity contribution in [1.82, 2.24) is 5.32 Å². The molecule has 0 aromatic carbocycles. The first-order chi connectivity index (χ1) is 5.85. The Morgan fingerprint density at radius 1 is 1.42 bits per heavy atom. The number of rotatable bonds is 6. The topological polar surface area (TPSA) is 12.0 Å². The molecule has 1 heteroatoms. The predicted octanol–water partition coefficient (Wildman–Crippen LogP) is 3.23. The van der Waals surface area contributed by atoms with E-state index in [2.05, 4.69) is 24.9 Å². The van der Waals surface area contributed by atoms with Gasteiger partial charge in [0.05, 0.1) is 0 Å². The third-order valence-corrected chi connectivity index (χ3v) is 1.77. The maximum atomic E-state index is 3.78. The van der Waals surface area contributed by atoms with E-state index < -0.39 is 0 Å². The van der Waals surface area contributed by atoms with Gasteiger partial charge in [-0.3, -0.25) is 0 Å². The Bertz CT molecular complexity index is 156. The van der Waals surface area contributed by atoms with Crippen LogP contribution < -0.4 is 5.32 Å². The fourth-order valence-electron chi connectivity index (χ4n) is 0.892. The largest absolute Gasteiger partial charge is 0.368 e. The Balaban J connectivity index is 3.50. The van der Waals surface area contributed by atoms with E-state index in [1.165, 1.54) is 0 Å². The van der Waals surface area contributed by atoms with Crippen LogP contribution in [0.15, 0.2) is 37.2 Å². The quantitative estimate of drug-likeness (QED) is 0.596. The van der Waals surface area contributed by atoms with E-state index in [0.29, 0.717) is 5.92 Å². The molecule has 0 aromatic rings. The summed E-state index contributed by atoms with van der Waals surface area (Å²) >= 11 is 0. The van der Waals surface area contributed by atoms with E-state index >= 15 is 0 Å². The summed E-state index contributed by atoms with van der Waals surface area (Å²) in [6.45, 7) is 7.94. The summed E-state index contributed by atoms with van der Waals surface area (Å²) in [5, 5.41) is 3.04. The van der Waals surface area contributed by atoms with Crippen LogP contribution in [0, 0.1) is 5.92 Å². The monoisotopic (exact) mass is 165 g/mol. The molecule has 0 radical (unpaired) electrons. The van der Waals surface area contributed by atoms with Crippen molar-refractivity contribution >= 4 is 0 Å². The van der Waals surface area contributed by atoms with E-state index in [-0.39, 0.29) is 0 Å². The molecule has 1 unspecified atom stereocenters. The average Bonchev–Trinajstić information content (AvgIpc) is 2.11. The maximum absolute atomic E-state index is 3.78. The molecular formula is C11H19N. The highest BCUT2D eigenvalue weighted by Gasteiger charge is 1.95. The molecular weight excluding hydrogens is 146 g/mol. The van der Waals surface area contributed by atoms with E-state index in [9.17, 15) is 0 Å². The second-order valence-corrected chi connectivity index (χ2v) is 2.71. The first-order valence-electron chi connectivity index (χ1n) is 4.49. The van der Waals surface area contributed by atoms with Crippen molar-refractivity contribution in [2.75, 3.05) is 0 Å². The first-order valence-corrected chi connectivity index (χ1v) is 4.49. The van der Waals surface area contributed by atoms with Crippen molar-refractivity contribution in [2.45, 2.75) is 26.7 Å². The van der Waals surface area contributed by atoms with Crippen molar-refractivity contribution in [3.63, 3.8) is 0 Å². The van der Waals surface area contributed by atoms with Crippen molar-refractivity contribution in [1.29, 1.82) is 0 Å². The van der Waals surface area contributed by atoms with Crippen LogP contribution in [0.4, 0.5) is 0 Å². The molecule has 0 amide bonds. The molecule has 0 saturated heterocycles. The molecule has 0 heterocycles. The van der Waals surface area contributed by atoms with Gasteiger partial charge in [-0.2, -0.15) is 0 Å². The molecule has 1 nitrogen and oxygen atoms in total. The zero-order valence-electron chi connectivity index (χ0n) is 8.09. The van der Waals surface area contributed by atoms with Crippen LogP contribution in [-0.4, -0.2) is 0 Å². The molecule has 0 spiro atoms. The smallest absolute Gasteiger partial charge is 0.00355 e. The van der Waals surface area contributed by atoms with Gasteiger partial charge in [0.25, 0.3) is 0 Å². The minimum atomic E-state index is 0.619. The molecule has 0 aliphatic rings. The van der Waals surface area contributed by atoms with Gasteiger partial charge < -0.3 is 5.32 Å². The molecule has 68 valence electrons. The summed E-state index contributed by atoms with van der Waals surface area (Å²) in [7, 11) is 0. The number of nitrogens with one attached hydrogen (secondary N) is 1. The fraction of sp³-hybridized carbons (Fsp3) is 0.455. The lowest BCUT2D eigenvalue weighted by atomic mass is 10.0. The molecule has 1 N–H and O–H groups in total. The highest BCUT2D eigenvalue weighted by molar-refractivity contribution is 4.91. The van der Waals surface area contributed by atoms with Crippen LogP contribution in [0.25, 0.3) is 0 Å². The molecule has 0 saturated carbocycles. The van der Waals surface area contributed by atoms with Gasteiger partial charge in [-0.15, -0.1) is 6.58 Å². The Morgan fingerprint density at radius 3 is 2.67 bits per heavy atom. The van der Waals surface area contributed by atoms with E-state index in [4.69, 9.17) is 0 Å². The average molecular weight is 165 g/mol. The Labute approximate surface area is 75.9 Å². The van der Waals surface area contributed by atoms with E-state index in [1.807, 2.05) is 31.5 Å². The second-order valence-electron chi connectivity index (χ2n) is 2.71. The normalized spacial score (nSPS) is 13.8. The van der Waals surface area contributed by atoms with E-state index in [0.717, 1.165) is 12.8 Å².